The Kier molecular flexibility index (Phi) is 5.84. The molecule has 1 aromatic rings. The van der Waals surface area contributed by atoms with Crippen LogP contribution in [0, 0.1) is 0 Å². The molecule has 60 valence electrons. The molecule has 0 heterocycles. The number of carbonyl (C=O) groups is 1. The van der Waals surface area contributed by atoms with Gasteiger partial charge in [-0.2, -0.15) is 0 Å². The average Bonchev–Trinajstić information content (AvgIpc) is 1.93. The Morgan fingerprint density at radius 2 is 1.92 bits per heavy atom. The van der Waals surface area contributed by atoms with Crippen molar-refractivity contribution in [3.63, 3.8) is 0 Å². The zero-order chi connectivity index (χ0) is 8.27. The van der Waals surface area contributed by atoms with Gasteiger partial charge in [0.25, 0.3) is 0 Å². The van der Waals surface area contributed by atoms with Gasteiger partial charge >= 0.3 is 35.5 Å². The second-order valence-corrected chi connectivity index (χ2v) is 3.11. The molecule has 0 amide bonds. The number of rotatable bonds is 2. The number of aliphatic carboxylic acids is 1. The summed E-state index contributed by atoms with van der Waals surface area (Å²) in [5.74, 6) is -0.799. The normalized spacial score (nSPS) is 8.75. The van der Waals surface area contributed by atoms with Crippen molar-refractivity contribution in [3.8, 4) is 0 Å². The zero-order valence-electron chi connectivity index (χ0n) is 7.75. The Morgan fingerprint density at radius 3 is 2.33 bits per heavy atom. The minimum absolute atomic E-state index is 0. The van der Waals surface area contributed by atoms with Gasteiger partial charge in [-0.1, -0.05) is 28.1 Å². The van der Waals surface area contributed by atoms with Gasteiger partial charge in [0.1, 0.15) is 0 Å². The Bertz CT molecular complexity index is 263. The van der Waals surface area contributed by atoms with Gasteiger partial charge in [0.05, 0.1) is 6.42 Å². The smallest absolute Gasteiger partial charge is 1.00 e. The molecule has 0 radical (unpaired) electrons. The molecule has 0 aliphatic rings. The molecule has 0 aliphatic carbocycles. The van der Waals surface area contributed by atoms with Crippen LogP contribution in [0.4, 0.5) is 0 Å². The van der Waals surface area contributed by atoms with Crippen LogP contribution in [0.5, 0.6) is 0 Å². The van der Waals surface area contributed by atoms with Gasteiger partial charge in [0, 0.05) is 4.47 Å². The minimum Gasteiger partial charge on any atom is -1.00 e. The molecule has 4 heteroatoms. The minimum atomic E-state index is -0.799. The summed E-state index contributed by atoms with van der Waals surface area (Å²) in [4.78, 5) is 10.2. The summed E-state index contributed by atoms with van der Waals surface area (Å²) < 4.78 is 0.964. The molecule has 0 aromatic heterocycles. The molecule has 0 bridgehead atoms. The van der Waals surface area contributed by atoms with Crippen molar-refractivity contribution in [2.24, 2.45) is 0 Å². The molecule has 0 spiro atoms. The second-order valence-electron chi connectivity index (χ2n) is 2.20. The maximum absolute atomic E-state index is 10.2. The summed E-state index contributed by atoms with van der Waals surface area (Å²) in [6.07, 6.45) is 0.0906. The van der Waals surface area contributed by atoms with Crippen LogP contribution >= 0.6 is 15.9 Å². The number of carboxylic acid groups (broad SMARTS) is 1. The van der Waals surface area contributed by atoms with Gasteiger partial charge in [0.15, 0.2) is 0 Å². The molecule has 0 saturated heterocycles. The van der Waals surface area contributed by atoms with Crippen LogP contribution in [0.3, 0.4) is 0 Å². The number of hydrogen-bond donors (Lipinski definition) is 1. The maximum atomic E-state index is 10.2. The summed E-state index contributed by atoms with van der Waals surface area (Å²) in [5.41, 5.74) is 0.820. The van der Waals surface area contributed by atoms with Crippen LogP contribution in [0.1, 0.15) is 6.99 Å². The van der Waals surface area contributed by atoms with E-state index < -0.39 is 5.97 Å². The van der Waals surface area contributed by atoms with Crippen LogP contribution in [0.2, 0.25) is 0 Å². The van der Waals surface area contributed by atoms with E-state index in [9.17, 15) is 4.79 Å². The predicted octanol–water partition coefficient (Wildman–Crippen LogP) is -0.807. The van der Waals surface area contributed by atoms with Crippen molar-refractivity contribution in [2.75, 3.05) is 0 Å². The molecule has 12 heavy (non-hydrogen) atoms. The summed E-state index contributed by atoms with van der Waals surface area (Å²) >= 11 is 3.26. The average molecular weight is 239 g/mol. The largest absolute Gasteiger partial charge is 1.00 e. The Labute approximate surface area is 103 Å². The molecule has 0 fully saturated rings. The molecule has 1 aromatic carbocycles. The fourth-order valence-electron chi connectivity index (χ4n) is 0.777. The molecule has 1 N–H and O–H groups in total. The van der Waals surface area contributed by atoms with Crippen LogP contribution in [-0.2, 0) is 11.2 Å². The van der Waals surface area contributed by atoms with E-state index in [1.54, 1.807) is 12.1 Å². The first-order valence-corrected chi connectivity index (χ1v) is 3.94. The van der Waals surface area contributed by atoms with Gasteiger partial charge in [0.2, 0.25) is 0 Å². The van der Waals surface area contributed by atoms with Gasteiger partial charge in [-0.3, -0.25) is 4.79 Å². The summed E-state index contributed by atoms with van der Waals surface area (Å²) in [5, 5.41) is 8.42. The monoisotopic (exact) mass is 238 g/mol. The fraction of sp³-hybridized carbons (Fsp3) is 0.125. The van der Waals surface area contributed by atoms with Crippen molar-refractivity contribution in [1.82, 2.24) is 0 Å². The Balaban J connectivity index is 0. The third-order valence-electron chi connectivity index (χ3n) is 1.27. The van der Waals surface area contributed by atoms with Gasteiger partial charge in [-0.05, 0) is 17.7 Å². The summed E-state index contributed by atoms with van der Waals surface area (Å²) in [6, 6.07) is 7.24. The second kappa shape index (κ2) is 5.75. The Morgan fingerprint density at radius 1 is 1.42 bits per heavy atom. The molecule has 0 atom stereocenters. The van der Waals surface area contributed by atoms with Crippen molar-refractivity contribution in [2.45, 2.75) is 6.42 Å². The number of halogens is 1. The van der Waals surface area contributed by atoms with E-state index in [-0.39, 0.29) is 37.4 Å². The SMILES string of the molecule is O=C(O)Cc1ccc(Br)cc1.[H-].[Na+]. The predicted molar refractivity (Wildman–Crippen MR) is 46.6 cm³/mol. The van der Waals surface area contributed by atoms with Crippen LogP contribution in [0.25, 0.3) is 0 Å². The van der Waals surface area contributed by atoms with E-state index in [1.807, 2.05) is 12.1 Å². The topological polar surface area (TPSA) is 37.3 Å². The van der Waals surface area contributed by atoms with E-state index in [0.29, 0.717) is 0 Å². The van der Waals surface area contributed by atoms with E-state index in [0.717, 1.165) is 10.0 Å². The molecule has 1 rings (SSSR count). The van der Waals surface area contributed by atoms with Crippen molar-refractivity contribution in [3.05, 3.63) is 34.3 Å². The van der Waals surface area contributed by atoms with E-state index in [2.05, 4.69) is 15.9 Å². The summed E-state index contributed by atoms with van der Waals surface area (Å²) in [6.45, 7) is 0. The third-order valence-corrected chi connectivity index (χ3v) is 1.80. The fourth-order valence-corrected chi connectivity index (χ4v) is 1.04. The van der Waals surface area contributed by atoms with Gasteiger partial charge in [-0.15, -0.1) is 0 Å². The molecule has 0 aliphatic heterocycles. The first kappa shape index (κ1) is 12.2. The van der Waals surface area contributed by atoms with Crippen molar-refractivity contribution < 1.29 is 40.9 Å². The molecule has 2 nitrogen and oxygen atoms in total. The van der Waals surface area contributed by atoms with Crippen LogP contribution in [0.15, 0.2) is 28.7 Å². The van der Waals surface area contributed by atoms with E-state index in [1.165, 1.54) is 0 Å². The number of carboxylic acids is 1. The van der Waals surface area contributed by atoms with Crippen molar-refractivity contribution >= 4 is 21.9 Å². The van der Waals surface area contributed by atoms with Crippen molar-refractivity contribution in [1.29, 1.82) is 0 Å². The third kappa shape index (κ3) is 4.26. The van der Waals surface area contributed by atoms with Gasteiger partial charge in [-0.25, -0.2) is 0 Å². The number of hydrogen-bond acceptors (Lipinski definition) is 1. The quantitative estimate of drug-likeness (QED) is 0.685. The first-order valence-electron chi connectivity index (χ1n) is 3.15. The maximum Gasteiger partial charge on any atom is 1.00 e. The van der Waals surface area contributed by atoms with Gasteiger partial charge < -0.3 is 6.53 Å². The number of benzene rings is 1. The molecular weight excluding hydrogens is 231 g/mol. The summed E-state index contributed by atoms with van der Waals surface area (Å²) in [7, 11) is 0. The van der Waals surface area contributed by atoms with Crippen LogP contribution < -0.4 is 29.6 Å². The molecular formula is C8H8BrNaO2. The van der Waals surface area contributed by atoms with E-state index in [4.69, 9.17) is 5.11 Å². The first-order chi connectivity index (χ1) is 5.18. The standard InChI is InChI=1S/C8H7BrO2.Na.H/c9-7-3-1-6(2-4-7)5-8(10)11;;/h1-4H,5H2,(H,10,11);;/q;+1;-1. The molecule has 0 saturated carbocycles. The zero-order valence-corrected chi connectivity index (χ0v) is 10.3. The molecule has 0 unspecified atom stereocenters. The van der Waals surface area contributed by atoms with Crippen LogP contribution in [-0.4, -0.2) is 11.1 Å². The Hall–Kier alpha value is 0.170. The van der Waals surface area contributed by atoms with E-state index >= 15 is 0 Å².